The zero-order valence-corrected chi connectivity index (χ0v) is 11.2. The van der Waals surface area contributed by atoms with Crippen molar-refractivity contribution in [2.75, 3.05) is 0 Å². The van der Waals surface area contributed by atoms with Gasteiger partial charge in [-0.25, -0.2) is 0 Å². The Morgan fingerprint density at radius 2 is 1.89 bits per heavy atom. The number of allylic oxidation sites excluding steroid dienone is 4. The van der Waals surface area contributed by atoms with Crippen molar-refractivity contribution in [3.63, 3.8) is 0 Å². The van der Waals surface area contributed by atoms with Gasteiger partial charge in [-0.1, -0.05) is 17.7 Å². The number of hydrogen-bond acceptors (Lipinski definition) is 2. The van der Waals surface area contributed by atoms with Gasteiger partial charge in [0.25, 0.3) is 0 Å². The zero-order valence-electron chi connectivity index (χ0n) is 11.2. The van der Waals surface area contributed by atoms with E-state index in [2.05, 4.69) is 12.2 Å². The van der Waals surface area contributed by atoms with E-state index in [9.17, 15) is 9.59 Å². The molecule has 4 aliphatic carbocycles. The number of hydrogen-bond donors (Lipinski definition) is 0. The molecule has 4 atom stereocenters. The summed E-state index contributed by atoms with van der Waals surface area (Å²) in [6, 6.07) is 0. The summed E-state index contributed by atoms with van der Waals surface area (Å²) in [5.74, 6) is 2.80. The molecule has 0 aromatic heterocycles. The fourth-order valence-electron chi connectivity index (χ4n) is 4.89. The predicted molar refractivity (Wildman–Crippen MR) is 72.5 cm³/mol. The summed E-state index contributed by atoms with van der Waals surface area (Å²) < 4.78 is 0. The van der Waals surface area contributed by atoms with Gasteiger partial charge in [0.1, 0.15) is 11.6 Å². The Morgan fingerprint density at radius 1 is 1.00 bits per heavy atom. The molecule has 2 fully saturated rings. The average molecular weight is 256 g/mol. The standard InChI is InChI=1S/C17H20O2/c18-11-2-4-12-10(9-11)1-3-14-13(12)5-6-16-15(14)7-8-17(16)19/h5-6,10,14-16H,1-4,7-9H2. The van der Waals surface area contributed by atoms with E-state index in [4.69, 9.17) is 0 Å². The lowest BCUT2D eigenvalue weighted by atomic mass is 9.63. The molecule has 0 spiro atoms. The van der Waals surface area contributed by atoms with Gasteiger partial charge in [0, 0.05) is 25.2 Å². The molecule has 0 aliphatic heterocycles. The molecular weight excluding hydrogens is 236 g/mol. The molecule has 4 rings (SSSR count). The van der Waals surface area contributed by atoms with E-state index >= 15 is 0 Å². The molecule has 0 bridgehead atoms. The highest BCUT2D eigenvalue weighted by Gasteiger charge is 2.44. The molecule has 0 N–H and O–H groups in total. The SMILES string of the molecule is O=C1CCC2=C3C=CC4C(=O)CCC4C3CCC2C1. The van der Waals surface area contributed by atoms with Crippen molar-refractivity contribution in [1.29, 1.82) is 0 Å². The van der Waals surface area contributed by atoms with Crippen LogP contribution in [0.15, 0.2) is 23.3 Å². The van der Waals surface area contributed by atoms with E-state index in [-0.39, 0.29) is 5.92 Å². The summed E-state index contributed by atoms with van der Waals surface area (Å²) in [7, 11) is 0. The molecule has 0 heterocycles. The molecule has 0 saturated heterocycles. The van der Waals surface area contributed by atoms with Gasteiger partial charge in [-0.3, -0.25) is 9.59 Å². The summed E-state index contributed by atoms with van der Waals surface area (Å²) in [6.45, 7) is 0. The van der Waals surface area contributed by atoms with Gasteiger partial charge < -0.3 is 0 Å². The first-order chi connectivity index (χ1) is 9.24. The van der Waals surface area contributed by atoms with Crippen molar-refractivity contribution in [3.8, 4) is 0 Å². The topological polar surface area (TPSA) is 34.1 Å². The first kappa shape index (κ1) is 11.6. The van der Waals surface area contributed by atoms with Crippen molar-refractivity contribution < 1.29 is 9.59 Å². The van der Waals surface area contributed by atoms with Crippen molar-refractivity contribution in [1.82, 2.24) is 0 Å². The van der Waals surface area contributed by atoms with E-state index in [0.717, 1.165) is 32.1 Å². The molecule has 100 valence electrons. The maximum absolute atomic E-state index is 11.9. The minimum atomic E-state index is 0.205. The third kappa shape index (κ3) is 1.69. The number of rotatable bonds is 0. The molecule has 2 saturated carbocycles. The molecule has 2 heteroatoms. The molecule has 2 nitrogen and oxygen atoms in total. The zero-order chi connectivity index (χ0) is 13.0. The Kier molecular flexibility index (Phi) is 2.54. The maximum Gasteiger partial charge on any atom is 0.140 e. The molecule has 0 aromatic carbocycles. The predicted octanol–water partition coefficient (Wildman–Crippen LogP) is 3.23. The van der Waals surface area contributed by atoms with Crippen LogP contribution >= 0.6 is 0 Å². The highest BCUT2D eigenvalue weighted by Crippen LogP contribution is 2.51. The number of Topliss-reactive ketones (excluding diaryl/α,β-unsaturated/α-hetero) is 2. The summed E-state index contributed by atoms with van der Waals surface area (Å²) in [6.07, 6.45) is 11.1. The third-order valence-electron chi connectivity index (χ3n) is 5.79. The van der Waals surface area contributed by atoms with Gasteiger partial charge in [-0.2, -0.15) is 0 Å². The van der Waals surface area contributed by atoms with Crippen LogP contribution in [0.2, 0.25) is 0 Å². The lowest BCUT2D eigenvalue weighted by molar-refractivity contribution is -0.121. The summed E-state index contributed by atoms with van der Waals surface area (Å²) in [5, 5.41) is 0. The van der Waals surface area contributed by atoms with E-state index in [1.54, 1.807) is 5.57 Å². The van der Waals surface area contributed by atoms with E-state index in [1.165, 1.54) is 18.4 Å². The highest BCUT2D eigenvalue weighted by atomic mass is 16.1. The van der Waals surface area contributed by atoms with Crippen LogP contribution in [0.5, 0.6) is 0 Å². The van der Waals surface area contributed by atoms with Crippen LogP contribution in [0, 0.1) is 23.7 Å². The van der Waals surface area contributed by atoms with Gasteiger partial charge in [0.05, 0.1) is 0 Å². The molecule has 0 radical (unpaired) electrons. The smallest absolute Gasteiger partial charge is 0.140 e. The molecule has 4 unspecified atom stereocenters. The average Bonchev–Trinajstić information content (AvgIpc) is 2.80. The maximum atomic E-state index is 11.9. The second kappa shape index (κ2) is 4.16. The van der Waals surface area contributed by atoms with Gasteiger partial charge in [-0.15, -0.1) is 0 Å². The van der Waals surface area contributed by atoms with Gasteiger partial charge in [-0.05, 0) is 49.0 Å². The van der Waals surface area contributed by atoms with Crippen molar-refractivity contribution >= 4 is 11.6 Å². The Bertz CT molecular complexity index is 511. The number of carbonyl (C=O) groups excluding carboxylic acids is 2. The second-order valence-corrected chi connectivity index (χ2v) is 6.66. The van der Waals surface area contributed by atoms with Crippen LogP contribution in [-0.4, -0.2) is 11.6 Å². The highest BCUT2D eigenvalue weighted by molar-refractivity contribution is 5.86. The lowest BCUT2D eigenvalue weighted by Crippen LogP contribution is -2.33. The fraction of sp³-hybridized carbons (Fsp3) is 0.647. The van der Waals surface area contributed by atoms with E-state index in [1.807, 2.05) is 0 Å². The third-order valence-corrected chi connectivity index (χ3v) is 5.79. The normalized spacial score (nSPS) is 41.1. The Hall–Kier alpha value is -1.18. The van der Waals surface area contributed by atoms with Gasteiger partial charge in [0.15, 0.2) is 0 Å². The molecular formula is C17H20O2. The molecule has 0 aromatic rings. The van der Waals surface area contributed by atoms with E-state index in [0.29, 0.717) is 29.3 Å². The van der Waals surface area contributed by atoms with Crippen molar-refractivity contribution in [2.45, 2.75) is 44.9 Å². The first-order valence-corrected chi connectivity index (χ1v) is 7.69. The van der Waals surface area contributed by atoms with Gasteiger partial charge in [0.2, 0.25) is 0 Å². The lowest BCUT2D eigenvalue weighted by Gasteiger charge is -2.41. The number of ketones is 2. The summed E-state index contributed by atoms with van der Waals surface area (Å²) >= 11 is 0. The van der Waals surface area contributed by atoms with Crippen LogP contribution in [0.3, 0.4) is 0 Å². The second-order valence-electron chi connectivity index (χ2n) is 6.66. The largest absolute Gasteiger partial charge is 0.300 e. The Balaban J connectivity index is 1.73. The van der Waals surface area contributed by atoms with Crippen LogP contribution in [0.25, 0.3) is 0 Å². The minimum Gasteiger partial charge on any atom is -0.300 e. The van der Waals surface area contributed by atoms with Crippen molar-refractivity contribution in [3.05, 3.63) is 23.3 Å². The molecule has 0 amide bonds. The fourth-order valence-corrected chi connectivity index (χ4v) is 4.89. The van der Waals surface area contributed by atoms with Gasteiger partial charge >= 0.3 is 0 Å². The Labute approximate surface area is 113 Å². The quantitative estimate of drug-likeness (QED) is 0.667. The minimum absolute atomic E-state index is 0.205. The van der Waals surface area contributed by atoms with Crippen LogP contribution in [0.1, 0.15) is 44.9 Å². The van der Waals surface area contributed by atoms with Crippen LogP contribution in [-0.2, 0) is 9.59 Å². The van der Waals surface area contributed by atoms with Crippen LogP contribution < -0.4 is 0 Å². The van der Waals surface area contributed by atoms with E-state index < -0.39 is 0 Å². The summed E-state index contributed by atoms with van der Waals surface area (Å²) in [5.41, 5.74) is 3.07. The molecule has 4 aliphatic rings. The van der Waals surface area contributed by atoms with Crippen molar-refractivity contribution in [2.24, 2.45) is 23.7 Å². The molecule has 19 heavy (non-hydrogen) atoms. The Morgan fingerprint density at radius 3 is 2.79 bits per heavy atom. The summed E-state index contributed by atoms with van der Waals surface area (Å²) in [4.78, 5) is 23.5. The first-order valence-electron chi connectivity index (χ1n) is 7.69. The van der Waals surface area contributed by atoms with Crippen LogP contribution in [0.4, 0.5) is 0 Å². The monoisotopic (exact) mass is 256 g/mol. The number of fused-ring (bicyclic) bond motifs is 4. The number of carbonyl (C=O) groups is 2.